The molecule has 4 aliphatic rings. The van der Waals surface area contributed by atoms with E-state index in [9.17, 15) is 4.79 Å². The Hall–Kier alpha value is -2.55. The van der Waals surface area contributed by atoms with Gasteiger partial charge in [0.1, 0.15) is 11.9 Å². The second-order valence-electron chi connectivity index (χ2n) is 13.7. The maximum absolute atomic E-state index is 12.6. The standard InChI is InChI=1S/C37H50O3/c1-24(2)25(3)7-8-26(4)31-16-17-33-32(31)18-19-35-34(33)15-12-28-23-30(21-22-37(28,35)5)40-36(38)20-11-27-9-13-29(39-6)14-10-27/h7-15,20,24-26,30-33,35H,16-19,21-23H2,1-6H3/b8-7+,20-11+. The van der Waals surface area contributed by atoms with Crippen LogP contribution in [-0.4, -0.2) is 19.2 Å². The monoisotopic (exact) mass is 542 g/mol. The van der Waals surface area contributed by atoms with Gasteiger partial charge >= 0.3 is 5.97 Å². The zero-order valence-electron chi connectivity index (χ0n) is 25.6. The lowest BCUT2D eigenvalue weighted by atomic mass is 9.53. The molecule has 1 aromatic carbocycles. The Morgan fingerprint density at radius 3 is 2.48 bits per heavy atom. The number of carbonyl (C=O) groups excluding carboxylic acids is 1. The Bertz CT molecular complexity index is 1170. The molecule has 0 heterocycles. The van der Waals surface area contributed by atoms with Crippen molar-refractivity contribution in [2.75, 3.05) is 7.11 Å². The molecule has 3 fully saturated rings. The van der Waals surface area contributed by atoms with Gasteiger partial charge in [0.05, 0.1) is 7.11 Å². The second kappa shape index (κ2) is 12.1. The molecule has 4 aliphatic carbocycles. The first-order chi connectivity index (χ1) is 19.2. The van der Waals surface area contributed by atoms with Gasteiger partial charge < -0.3 is 9.47 Å². The lowest BCUT2D eigenvalue weighted by Crippen LogP contribution is -2.43. The van der Waals surface area contributed by atoms with Crippen LogP contribution in [0, 0.1) is 46.8 Å². The molecule has 40 heavy (non-hydrogen) atoms. The number of ether oxygens (including phenoxy) is 2. The molecule has 8 atom stereocenters. The maximum Gasteiger partial charge on any atom is 0.331 e. The predicted octanol–water partition coefficient (Wildman–Crippen LogP) is 9.21. The molecule has 0 spiro atoms. The van der Waals surface area contributed by atoms with Crippen molar-refractivity contribution < 1.29 is 14.3 Å². The van der Waals surface area contributed by atoms with Crippen LogP contribution in [0.2, 0.25) is 0 Å². The Morgan fingerprint density at radius 1 is 0.975 bits per heavy atom. The molecule has 0 N–H and O–H groups in total. The number of carbonyl (C=O) groups is 1. The van der Waals surface area contributed by atoms with Crippen LogP contribution >= 0.6 is 0 Å². The Balaban J connectivity index is 1.22. The number of methoxy groups -OCH3 is 1. The number of fused-ring (bicyclic) bond motifs is 5. The lowest BCUT2D eigenvalue weighted by molar-refractivity contribution is -0.144. The van der Waals surface area contributed by atoms with Gasteiger partial charge in [-0.05, 0) is 109 Å². The van der Waals surface area contributed by atoms with Crippen LogP contribution in [0.5, 0.6) is 5.75 Å². The fourth-order valence-electron chi connectivity index (χ4n) is 8.24. The highest BCUT2D eigenvalue weighted by Gasteiger charge is 2.52. The summed E-state index contributed by atoms with van der Waals surface area (Å²) in [6, 6.07) is 7.68. The molecular formula is C37H50O3. The Morgan fingerprint density at radius 2 is 1.75 bits per heavy atom. The van der Waals surface area contributed by atoms with Crippen molar-refractivity contribution >= 4 is 12.0 Å². The second-order valence-corrected chi connectivity index (χ2v) is 13.7. The molecule has 3 heteroatoms. The molecule has 0 saturated heterocycles. The Kier molecular flexibility index (Phi) is 8.78. The summed E-state index contributed by atoms with van der Waals surface area (Å²) in [6.07, 6.45) is 21.6. The van der Waals surface area contributed by atoms with Crippen molar-refractivity contribution in [2.24, 2.45) is 46.8 Å². The summed E-state index contributed by atoms with van der Waals surface area (Å²) in [6.45, 7) is 12.0. The maximum atomic E-state index is 12.6. The van der Waals surface area contributed by atoms with Crippen LogP contribution in [0.15, 0.2) is 65.8 Å². The van der Waals surface area contributed by atoms with Gasteiger partial charge in [-0.1, -0.05) is 82.2 Å². The first-order valence-corrected chi connectivity index (χ1v) is 15.8. The van der Waals surface area contributed by atoms with Crippen LogP contribution in [0.25, 0.3) is 6.08 Å². The number of hydrogen-bond donors (Lipinski definition) is 0. The number of allylic oxidation sites excluding steroid dienone is 5. The van der Waals surface area contributed by atoms with Gasteiger partial charge in [0.2, 0.25) is 0 Å². The molecule has 0 aromatic heterocycles. The fourth-order valence-corrected chi connectivity index (χ4v) is 8.24. The van der Waals surface area contributed by atoms with Crippen LogP contribution in [0.3, 0.4) is 0 Å². The third kappa shape index (κ3) is 5.90. The average Bonchev–Trinajstić information content (AvgIpc) is 3.40. The van der Waals surface area contributed by atoms with E-state index in [2.05, 4.69) is 58.9 Å². The van der Waals surface area contributed by atoms with Crippen LogP contribution in [0.1, 0.15) is 85.1 Å². The molecule has 0 aliphatic heterocycles. The van der Waals surface area contributed by atoms with Gasteiger partial charge in [0.25, 0.3) is 0 Å². The summed E-state index contributed by atoms with van der Waals surface area (Å²) >= 11 is 0. The van der Waals surface area contributed by atoms with Crippen LogP contribution in [0.4, 0.5) is 0 Å². The fraction of sp³-hybridized carbons (Fsp3) is 0.595. The Labute approximate surface area is 242 Å². The number of hydrogen-bond acceptors (Lipinski definition) is 3. The molecule has 0 amide bonds. The summed E-state index contributed by atoms with van der Waals surface area (Å²) in [5.74, 6) is 5.66. The lowest BCUT2D eigenvalue weighted by Gasteiger charge is -2.52. The van der Waals surface area contributed by atoms with Crippen molar-refractivity contribution in [1.29, 1.82) is 0 Å². The third-order valence-corrected chi connectivity index (χ3v) is 11.2. The highest BCUT2D eigenvalue weighted by atomic mass is 16.5. The van der Waals surface area contributed by atoms with Crippen molar-refractivity contribution in [1.82, 2.24) is 0 Å². The minimum absolute atomic E-state index is 0.0321. The number of benzene rings is 1. The highest BCUT2D eigenvalue weighted by molar-refractivity contribution is 5.87. The van der Waals surface area contributed by atoms with E-state index in [0.717, 1.165) is 48.3 Å². The molecule has 3 nitrogen and oxygen atoms in total. The van der Waals surface area contributed by atoms with Gasteiger partial charge in [-0.3, -0.25) is 0 Å². The van der Waals surface area contributed by atoms with Crippen LogP contribution in [-0.2, 0) is 9.53 Å². The van der Waals surface area contributed by atoms with Crippen molar-refractivity contribution in [2.45, 2.75) is 85.7 Å². The SMILES string of the molecule is COc1ccc(/C=C/C(=O)OC2CCC3(C)C(=CC=C4C5CCC(C(C)/C=C/C(C)C(C)C)C5CCC43)C2)cc1. The predicted molar refractivity (Wildman–Crippen MR) is 165 cm³/mol. The van der Waals surface area contributed by atoms with E-state index in [1.807, 2.05) is 30.3 Å². The van der Waals surface area contributed by atoms with Crippen LogP contribution < -0.4 is 4.74 Å². The third-order valence-electron chi connectivity index (χ3n) is 11.2. The molecule has 3 saturated carbocycles. The minimum atomic E-state index is -0.250. The van der Waals surface area contributed by atoms with E-state index < -0.39 is 0 Å². The smallest absolute Gasteiger partial charge is 0.331 e. The molecule has 0 radical (unpaired) electrons. The highest BCUT2D eigenvalue weighted by Crippen LogP contribution is 2.61. The normalized spacial score (nSPS) is 33.1. The average molecular weight is 543 g/mol. The van der Waals surface area contributed by atoms with E-state index >= 15 is 0 Å². The van der Waals surface area contributed by atoms with Gasteiger partial charge in [0.15, 0.2) is 0 Å². The van der Waals surface area contributed by atoms with E-state index in [-0.39, 0.29) is 17.5 Å². The first kappa shape index (κ1) is 29.0. The summed E-state index contributed by atoms with van der Waals surface area (Å²) in [5.41, 5.74) is 4.42. The number of rotatable bonds is 8. The zero-order valence-corrected chi connectivity index (χ0v) is 25.6. The summed E-state index contributed by atoms with van der Waals surface area (Å²) in [5, 5.41) is 0. The van der Waals surface area contributed by atoms with Crippen molar-refractivity contribution in [3.63, 3.8) is 0 Å². The van der Waals surface area contributed by atoms with Gasteiger partial charge in [0, 0.05) is 12.5 Å². The molecular weight excluding hydrogens is 492 g/mol. The van der Waals surface area contributed by atoms with Crippen molar-refractivity contribution in [3.05, 3.63) is 71.4 Å². The summed E-state index contributed by atoms with van der Waals surface area (Å²) in [4.78, 5) is 12.6. The number of esters is 1. The molecule has 1 aromatic rings. The van der Waals surface area contributed by atoms with E-state index in [1.165, 1.54) is 31.3 Å². The van der Waals surface area contributed by atoms with E-state index in [4.69, 9.17) is 9.47 Å². The van der Waals surface area contributed by atoms with E-state index in [1.54, 1.807) is 18.8 Å². The molecule has 8 unspecified atom stereocenters. The minimum Gasteiger partial charge on any atom is -0.497 e. The topological polar surface area (TPSA) is 35.5 Å². The summed E-state index contributed by atoms with van der Waals surface area (Å²) in [7, 11) is 1.65. The first-order valence-electron chi connectivity index (χ1n) is 15.8. The molecule has 0 bridgehead atoms. The molecule has 5 rings (SSSR count). The van der Waals surface area contributed by atoms with Gasteiger partial charge in [-0.25, -0.2) is 4.79 Å². The van der Waals surface area contributed by atoms with Gasteiger partial charge in [-0.2, -0.15) is 0 Å². The van der Waals surface area contributed by atoms with Gasteiger partial charge in [-0.15, -0.1) is 0 Å². The molecule has 216 valence electrons. The zero-order chi connectivity index (χ0) is 28.4. The van der Waals surface area contributed by atoms with E-state index in [0.29, 0.717) is 23.7 Å². The summed E-state index contributed by atoms with van der Waals surface area (Å²) < 4.78 is 11.1. The largest absolute Gasteiger partial charge is 0.497 e. The quantitative estimate of drug-likeness (QED) is 0.187. The van der Waals surface area contributed by atoms with Crippen molar-refractivity contribution in [3.8, 4) is 5.75 Å².